The third-order valence-corrected chi connectivity index (χ3v) is 7.85. The number of nitrogen functional groups attached to an aromatic ring is 1. The molecule has 2 aliphatic rings. The number of hydrogen-bond donors (Lipinski definition) is 2. The minimum Gasteiger partial charge on any atom is -0.383 e. The summed E-state index contributed by atoms with van der Waals surface area (Å²) < 4.78 is 7.43. The summed E-state index contributed by atoms with van der Waals surface area (Å²) in [6.07, 6.45) is 3.87. The molecule has 1 unspecified atom stereocenters. The van der Waals surface area contributed by atoms with Gasteiger partial charge in [-0.05, 0) is 49.2 Å². The second-order valence-corrected chi connectivity index (χ2v) is 10.9. The van der Waals surface area contributed by atoms with Gasteiger partial charge in [0.15, 0.2) is 5.82 Å². The molecule has 12 heteroatoms. The lowest BCUT2D eigenvalue weighted by Gasteiger charge is -2.34. The van der Waals surface area contributed by atoms with Gasteiger partial charge in [-0.1, -0.05) is 23.2 Å². The van der Waals surface area contributed by atoms with Crippen LogP contribution in [0.3, 0.4) is 0 Å². The molecule has 6 rings (SSSR count). The predicted octanol–water partition coefficient (Wildman–Crippen LogP) is 4.47. The molecule has 0 radical (unpaired) electrons. The Morgan fingerprint density at radius 1 is 1.10 bits per heavy atom. The highest BCUT2D eigenvalue weighted by atomic mass is 35.5. The quantitative estimate of drug-likeness (QED) is 0.342. The van der Waals surface area contributed by atoms with Crippen molar-refractivity contribution >= 4 is 46.2 Å². The van der Waals surface area contributed by atoms with Crippen LogP contribution in [0.5, 0.6) is 0 Å². The summed E-state index contributed by atoms with van der Waals surface area (Å²) >= 11 is 12.8. The number of nitrogens with one attached hydrogen (secondary N) is 1. The first-order valence-corrected chi connectivity index (χ1v) is 14.1. The van der Waals surface area contributed by atoms with E-state index < -0.39 is 0 Å². The summed E-state index contributed by atoms with van der Waals surface area (Å²) in [7, 11) is 0. The van der Waals surface area contributed by atoms with Crippen LogP contribution in [0.1, 0.15) is 24.1 Å². The zero-order valence-corrected chi connectivity index (χ0v) is 23.4. The monoisotopic (exact) mass is 577 g/mol. The van der Waals surface area contributed by atoms with Gasteiger partial charge < -0.3 is 20.7 Å². The molecule has 1 aromatic carbocycles. The SMILES string of the molecule is N#Cc1ccc(NC2CCCN(c3nc(-c4ccc(Cl)cc4Cl)cn4nc(CN5CCOCC5)cc34)C2)nc1N. The number of halogens is 2. The van der Waals surface area contributed by atoms with Crippen molar-refractivity contribution in [1.29, 1.82) is 5.26 Å². The molecule has 40 heavy (non-hydrogen) atoms. The molecule has 5 heterocycles. The first-order valence-electron chi connectivity index (χ1n) is 13.3. The summed E-state index contributed by atoms with van der Waals surface area (Å²) in [5.41, 5.74) is 9.76. The van der Waals surface area contributed by atoms with E-state index in [0.29, 0.717) is 28.0 Å². The summed E-state index contributed by atoms with van der Waals surface area (Å²) in [4.78, 5) is 14.1. The number of pyridine rings is 1. The third kappa shape index (κ3) is 5.64. The van der Waals surface area contributed by atoms with Crippen molar-refractivity contribution in [3.05, 3.63) is 63.9 Å². The van der Waals surface area contributed by atoms with Crippen molar-refractivity contribution < 1.29 is 4.74 Å². The van der Waals surface area contributed by atoms with Crippen LogP contribution in [-0.4, -0.2) is 69.9 Å². The Morgan fingerprint density at radius 2 is 1.95 bits per heavy atom. The van der Waals surface area contributed by atoms with Gasteiger partial charge in [0.25, 0.3) is 0 Å². The zero-order chi connectivity index (χ0) is 27.6. The van der Waals surface area contributed by atoms with E-state index in [1.165, 1.54) is 0 Å². The van der Waals surface area contributed by atoms with E-state index >= 15 is 0 Å². The number of hydrogen-bond acceptors (Lipinski definition) is 9. The van der Waals surface area contributed by atoms with Gasteiger partial charge in [0.05, 0.1) is 41.4 Å². The van der Waals surface area contributed by atoms with E-state index in [-0.39, 0.29) is 11.9 Å². The number of aromatic nitrogens is 4. The Morgan fingerprint density at radius 3 is 2.73 bits per heavy atom. The average molecular weight is 579 g/mol. The number of morpholine rings is 1. The Kier molecular flexibility index (Phi) is 7.63. The molecule has 0 bridgehead atoms. The molecule has 3 aromatic heterocycles. The topological polar surface area (TPSA) is 121 Å². The van der Waals surface area contributed by atoms with Gasteiger partial charge in [-0.2, -0.15) is 10.4 Å². The first kappa shape index (κ1) is 26.6. The molecule has 2 fully saturated rings. The Bertz CT molecular complexity index is 1580. The van der Waals surface area contributed by atoms with Gasteiger partial charge in [-0.25, -0.2) is 14.5 Å². The lowest BCUT2D eigenvalue weighted by atomic mass is 10.1. The maximum absolute atomic E-state index is 9.17. The van der Waals surface area contributed by atoms with Crippen LogP contribution in [0.4, 0.5) is 17.5 Å². The fourth-order valence-corrected chi connectivity index (χ4v) is 5.80. The number of nitriles is 1. The highest BCUT2D eigenvalue weighted by Gasteiger charge is 2.25. The fraction of sp³-hybridized carbons (Fsp3) is 0.357. The van der Waals surface area contributed by atoms with Crippen LogP contribution >= 0.6 is 23.2 Å². The van der Waals surface area contributed by atoms with E-state index in [2.05, 4.69) is 32.2 Å². The van der Waals surface area contributed by atoms with Gasteiger partial charge in [0.1, 0.15) is 23.2 Å². The molecule has 206 valence electrons. The van der Waals surface area contributed by atoms with Crippen LogP contribution < -0.4 is 16.0 Å². The molecule has 2 saturated heterocycles. The van der Waals surface area contributed by atoms with E-state index in [4.69, 9.17) is 43.8 Å². The van der Waals surface area contributed by atoms with Crippen molar-refractivity contribution in [2.24, 2.45) is 0 Å². The fourth-order valence-electron chi connectivity index (χ4n) is 5.30. The highest BCUT2D eigenvalue weighted by Crippen LogP contribution is 2.33. The standard InChI is InChI=1S/C28H29Cl2N9O/c29-19-4-5-22(23(30)12-19)24-17-39-25(13-21(36-39)15-37-8-10-40-11-9-37)28(34-24)38-7-1-2-20(16-38)33-26-6-3-18(14-31)27(32)35-26/h3-6,12-13,17,20H,1-2,7-11,15-16H2,(H3,32,33,35). The molecule has 0 spiro atoms. The van der Waals surface area contributed by atoms with Gasteiger partial charge >= 0.3 is 0 Å². The number of benzene rings is 1. The van der Waals surface area contributed by atoms with Crippen LogP contribution in [0.25, 0.3) is 16.8 Å². The van der Waals surface area contributed by atoms with Gasteiger partial charge in [0.2, 0.25) is 0 Å². The maximum atomic E-state index is 9.17. The largest absolute Gasteiger partial charge is 0.383 e. The smallest absolute Gasteiger partial charge is 0.155 e. The molecule has 3 N–H and O–H groups in total. The number of rotatable bonds is 6. The van der Waals surface area contributed by atoms with Crippen molar-refractivity contribution in [3.8, 4) is 17.3 Å². The molecular formula is C28H29Cl2N9O. The van der Waals surface area contributed by atoms with Crippen LogP contribution in [0.15, 0.2) is 42.6 Å². The second-order valence-electron chi connectivity index (χ2n) is 10.1. The predicted molar refractivity (Wildman–Crippen MR) is 157 cm³/mol. The van der Waals surface area contributed by atoms with Crippen molar-refractivity contribution in [2.45, 2.75) is 25.4 Å². The van der Waals surface area contributed by atoms with E-state index in [9.17, 15) is 5.26 Å². The minimum absolute atomic E-state index is 0.119. The Balaban J connectivity index is 1.34. The van der Waals surface area contributed by atoms with E-state index in [1.807, 2.05) is 22.8 Å². The summed E-state index contributed by atoms with van der Waals surface area (Å²) in [6.45, 7) is 5.56. The molecule has 0 amide bonds. The van der Waals surface area contributed by atoms with E-state index in [0.717, 1.165) is 80.5 Å². The van der Waals surface area contributed by atoms with Crippen LogP contribution in [-0.2, 0) is 11.3 Å². The number of fused-ring (bicyclic) bond motifs is 1. The molecule has 10 nitrogen and oxygen atoms in total. The Labute approximate surface area is 242 Å². The zero-order valence-electron chi connectivity index (χ0n) is 21.9. The first-order chi connectivity index (χ1) is 19.5. The minimum atomic E-state index is 0.119. The van der Waals surface area contributed by atoms with Crippen LogP contribution in [0, 0.1) is 11.3 Å². The Hall–Kier alpha value is -3.62. The van der Waals surface area contributed by atoms with E-state index in [1.54, 1.807) is 18.2 Å². The molecule has 2 aliphatic heterocycles. The average Bonchev–Trinajstić information content (AvgIpc) is 3.35. The van der Waals surface area contributed by atoms with Gasteiger partial charge in [-0.15, -0.1) is 0 Å². The normalized spacial score (nSPS) is 18.1. The second kappa shape index (κ2) is 11.5. The molecule has 0 saturated carbocycles. The molecule has 4 aromatic rings. The molecule has 0 aliphatic carbocycles. The lowest BCUT2D eigenvalue weighted by molar-refractivity contribution is 0.0336. The maximum Gasteiger partial charge on any atom is 0.155 e. The highest BCUT2D eigenvalue weighted by molar-refractivity contribution is 6.36. The van der Waals surface area contributed by atoms with Gasteiger partial charge in [0, 0.05) is 49.4 Å². The number of nitrogens with two attached hydrogens (primary N) is 1. The summed E-state index contributed by atoms with van der Waals surface area (Å²) in [5, 5.41) is 18.7. The lowest BCUT2D eigenvalue weighted by Crippen LogP contribution is -2.43. The van der Waals surface area contributed by atoms with Crippen LogP contribution in [0.2, 0.25) is 10.0 Å². The van der Waals surface area contributed by atoms with Crippen molar-refractivity contribution in [1.82, 2.24) is 24.5 Å². The summed E-state index contributed by atoms with van der Waals surface area (Å²) in [6, 6.07) is 13.2. The number of piperidine rings is 1. The number of nitrogens with zero attached hydrogens (tertiary/aromatic N) is 7. The van der Waals surface area contributed by atoms with Crippen molar-refractivity contribution in [2.75, 3.05) is 55.3 Å². The van der Waals surface area contributed by atoms with Crippen molar-refractivity contribution in [3.63, 3.8) is 0 Å². The van der Waals surface area contributed by atoms with Gasteiger partial charge in [-0.3, -0.25) is 4.90 Å². The number of ether oxygens (including phenoxy) is 1. The summed E-state index contributed by atoms with van der Waals surface area (Å²) in [5.74, 6) is 1.73. The number of anilines is 3. The third-order valence-electron chi connectivity index (χ3n) is 7.30. The molecule has 1 atom stereocenters. The molecular weight excluding hydrogens is 549 g/mol.